The van der Waals surface area contributed by atoms with Gasteiger partial charge in [-0.25, -0.2) is 20.0 Å². The number of benzene rings is 2. The number of hydrogen-bond acceptors (Lipinski definition) is 5. The third kappa shape index (κ3) is 3.29. The van der Waals surface area contributed by atoms with Crippen molar-refractivity contribution in [1.82, 2.24) is 14.5 Å². The van der Waals surface area contributed by atoms with Gasteiger partial charge in [-0.05, 0) is 36.4 Å². The molecule has 1 aliphatic rings. The Morgan fingerprint density at radius 2 is 1.93 bits per heavy atom. The summed E-state index contributed by atoms with van der Waals surface area (Å²) >= 11 is 0. The quantitative estimate of drug-likeness (QED) is 0.468. The van der Waals surface area contributed by atoms with Crippen LogP contribution < -0.4 is 15.3 Å². The molecule has 140 valence electrons. The molecule has 2 aromatic carbocycles. The van der Waals surface area contributed by atoms with Crippen molar-refractivity contribution < 1.29 is 9.53 Å². The topological polar surface area (TPSA) is 81.7 Å². The van der Waals surface area contributed by atoms with Crippen molar-refractivity contribution in [1.29, 1.82) is 0 Å². The van der Waals surface area contributed by atoms with Gasteiger partial charge in [-0.1, -0.05) is 18.2 Å². The van der Waals surface area contributed by atoms with Crippen molar-refractivity contribution in [3.63, 3.8) is 0 Å². The summed E-state index contributed by atoms with van der Waals surface area (Å²) in [5.41, 5.74) is 1.23. The lowest BCUT2D eigenvalue weighted by atomic mass is 10.2. The molecular formula is C22H15N5O2. The fraction of sp³-hybridized carbons (Fsp3) is 0.0455. The second-order valence-electron chi connectivity index (χ2n) is 6.40. The third-order valence-electron chi connectivity index (χ3n) is 4.56. The Bertz CT molecular complexity index is 1390. The Morgan fingerprint density at radius 1 is 1.00 bits per heavy atom. The van der Waals surface area contributed by atoms with E-state index in [0.717, 1.165) is 21.5 Å². The summed E-state index contributed by atoms with van der Waals surface area (Å²) in [4.78, 5) is 30.0. The molecule has 0 N–H and O–H groups in total. The summed E-state index contributed by atoms with van der Waals surface area (Å²) in [5, 5.41) is 2.35. The highest BCUT2D eigenvalue weighted by Crippen LogP contribution is 2.25. The smallest absolute Gasteiger partial charge is 0.293 e. The SMILES string of the molecule is O=C1/N=C/COc2ccc3ncnc(c3c2)/N=c2\cccc\c2=C/n2cccc21. The van der Waals surface area contributed by atoms with Crippen LogP contribution in [0, 0.1) is 0 Å². The fourth-order valence-electron chi connectivity index (χ4n) is 3.17. The molecule has 2 aromatic heterocycles. The highest BCUT2D eigenvalue weighted by atomic mass is 16.5. The number of carbonyl (C=O) groups excluding carboxylic acids is 1. The van der Waals surface area contributed by atoms with Gasteiger partial charge < -0.3 is 9.30 Å². The predicted molar refractivity (Wildman–Crippen MR) is 109 cm³/mol. The number of para-hydroxylation sites is 1. The molecule has 5 rings (SSSR count). The van der Waals surface area contributed by atoms with Crippen LogP contribution in [0.15, 0.2) is 77.1 Å². The van der Waals surface area contributed by atoms with Gasteiger partial charge in [0.1, 0.15) is 24.4 Å². The summed E-state index contributed by atoms with van der Waals surface area (Å²) < 4.78 is 7.46. The van der Waals surface area contributed by atoms with Crippen LogP contribution in [0.5, 0.6) is 5.75 Å². The first-order valence-electron chi connectivity index (χ1n) is 9.05. The summed E-state index contributed by atoms with van der Waals surface area (Å²) in [7, 11) is 0. The molecule has 1 amide bonds. The van der Waals surface area contributed by atoms with Crippen molar-refractivity contribution in [2.45, 2.75) is 0 Å². The van der Waals surface area contributed by atoms with E-state index in [1.54, 1.807) is 22.9 Å². The van der Waals surface area contributed by atoms with E-state index in [-0.39, 0.29) is 12.5 Å². The standard InChI is InChI=1S/C22H15N5O2/c28-22-20-6-3-10-27(20)13-15-4-1-2-5-18(15)26-21-17-12-16(29-11-9-23-22)7-8-19(17)24-14-25-21/h1-10,12-14H,11H2/b15-13+,23-9+,26-18+. The van der Waals surface area contributed by atoms with E-state index in [9.17, 15) is 4.79 Å². The largest absolute Gasteiger partial charge is 0.488 e. The molecule has 0 spiro atoms. The molecule has 0 aliphatic carbocycles. The number of hydrogen-bond donors (Lipinski definition) is 0. The van der Waals surface area contributed by atoms with Crippen LogP contribution in [0.4, 0.5) is 5.82 Å². The number of rotatable bonds is 0. The maximum absolute atomic E-state index is 12.5. The van der Waals surface area contributed by atoms with Gasteiger partial charge in [-0.15, -0.1) is 0 Å². The Labute approximate surface area is 165 Å². The summed E-state index contributed by atoms with van der Waals surface area (Å²) in [6.07, 6.45) is 6.62. The van der Waals surface area contributed by atoms with E-state index < -0.39 is 0 Å². The minimum atomic E-state index is -0.344. The minimum Gasteiger partial charge on any atom is -0.488 e. The van der Waals surface area contributed by atoms with Crippen molar-refractivity contribution in [3.8, 4) is 5.75 Å². The first-order valence-corrected chi connectivity index (χ1v) is 9.05. The van der Waals surface area contributed by atoms with E-state index >= 15 is 0 Å². The maximum atomic E-state index is 12.5. The fourth-order valence-corrected chi connectivity index (χ4v) is 3.17. The summed E-state index contributed by atoms with van der Waals surface area (Å²) in [6.45, 7) is 0.169. The lowest BCUT2D eigenvalue weighted by Gasteiger charge is -2.05. The number of ether oxygens (including phenoxy) is 1. The van der Waals surface area contributed by atoms with Crippen LogP contribution in [0.1, 0.15) is 10.5 Å². The lowest BCUT2D eigenvalue weighted by molar-refractivity contribution is 0.0997. The highest BCUT2D eigenvalue weighted by Gasteiger charge is 2.09. The normalized spacial score (nSPS) is 16.9. The van der Waals surface area contributed by atoms with E-state index in [2.05, 4.69) is 15.0 Å². The van der Waals surface area contributed by atoms with Gasteiger partial charge in [0.25, 0.3) is 5.91 Å². The number of carbonyl (C=O) groups is 1. The zero-order valence-electron chi connectivity index (χ0n) is 15.3. The molecule has 1 aliphatic heterocycles. The van der Waals surface area contributed by atoms with Crippen molar-refractivity contribution in [2.75, 3.05) is 6.61 Å². The van der Waals surface area contributed by atoms with E-state index in [4.69, 9.17) is 9.73 Å². The molecule has 0 radical (unpaired) electrons. The zero-order chi connectivity index (χ0) is 19.6. The van der Waals surface area contributed by atoms with Crippen molar-refractivity contribution in [2.24, 2.45) is 9.98 Å². The number of amides is 1. The Kier molecular flexibility index (Phi) is 4.18. The minimum absolute atomic E-state index is 0.169. The van der Waals surface area contributed by atoms with Gasteiger partial charge in [0.15, 0.2) is 5.82 Å². The average molecular weight is 381 g/mol. The van der Waals surface area contributed by atoms with E-state index in [1.165, 1.54) is 12.5 Å². The Morgan fingerprint density at radius 3 is 2.90 bits per heavy atom. The van der Waals surface area contributed by atoms with E-state index in [0.29, 0.717) is 17.3 Å². The van der Waals surface area contributed by atoms with Gasteiger partial charge in [-0.2, -0.15) is 0 Å². The van der Waals surface area contributed by atoms with Gasteiger partial charge >= 0.3 is 0 Å². The van der Waals surface area contributed by atoms with Gasteiger partial charge in [-0.3, -0.25) is 4.79 Å². The molecule has 0 unspecified atom stereocenters. The first-order chi connectivity index (χ1) is 14.3. The van der Waals surface area contributed by atoms with Crippen LogP contribution in [-0.4, -0.2) is 33.3 Å². The van der Waals surface area contributed by atoms with Crippen molar-refractivity contribution >= 4 is 35.0 Å². The molecular weight excluding hydrogens is 366 g/mol. The number of aromatic nitrogens is 3. The van der Waals surface area contributed by atoms with Crippen LogP contribution in [-0.2, 0) is 0 Å². The molecule has 0 saturated heterocycles. The molecule has 0 saturated carbocycles. The average Bonchev–Trinajstić information content (AvgIpc) is 3.20. The van der Waals surface area contributed by atoms with Crippen LogP contribution in [0.25, 0.3) is 17.1 Å². The number of aliphatic imine (C=N–C) groups is 1. The lowest BCUT2D eigenvalue weighted by Crippen LogP contribution is -2.25. The zero-order valence-corrected chi connectivity index (χ0v) is 15.3. The summed E-state index contributed by atoms with van der Waals surface area (Å²) in [6, 6.07) is 16.7. The van der Waals surface area contributed by atoms with Crippen LogP contribution >= 0.6 is 0 Å². The third-order valence-corrected chi connectivity index (χ3v) is 4.56. The second-order valence-corrected chi connectivity index (χ2v) is 6.40. The molecule has 29 heavy (non-hydrogen) atoms. The molecule has 4 aromatic rings. The molecule has 2 bridgehead atoms. The molecule has 7 heteroatoms. The van der Waals surface area contributed by atoms with Gasteiger partial charge in [0, 0.05) is 29.2 Å². The molecule has 7 nitrogen and oxygen atoms in total. The highest BCUT2D eigenvalue weighted by molar-refractivity contribution is 5.98. The maximum Gasteiger partial charge on any atom is 0.293 e. The van der Waals surface area contributed by atoms with Gasteiger partial charge in [0.2, 0.25) is 0 Å². The first kappa shape index (κ1) is 17.0. The predicted octanol–water partition coefficient (Wildman–Crippen LogP) is 2.27. The molecule has 3 heterocycles. The van der Waals surface area contributed by atoms with E-state index in [1.807, 2.05) is 48.7 Å². The molecule has 0 atom stereocenters. The Balaban J connectivity index is 1.83. The Hall–Kier alpha value is -4.13. The number of fused-ring (bicyclic) bond motifs is 3. The van der Waals surface area contributed by atoms with Crippen molar-refractivity contribution in [3.05, 3.63) is 83.4 Å². The molecule has 0 fully saturated rings. The monoisotopic (exact) mass is 381 g/mol. The number of nitrogens with zero attached hydrogens (tertiary/aromatic N) is 5. The van der Waals surface area contributed by atoms with Crippen LogP contribution in [0.2, 0.25) is 0 Å². The summed E-state index contributed by atoms with van der Waals surface area (Å²) in [5.74, 6) is 0.832. The second kappa shape index (κ2) is 7.12. The van der Waals surface area contributed by atoms with Crippen LogP contribution in [0.3, 0.4) is 0 Å². The van der Waals surface area contributed by atoms with Gasteiger partial charge in [0.05, 0.1) is 10.9 Å².